The highest BCUT2D eigenvalue weighted by Gasteiger charge is 2.20. The Kier molecular flexibility index (Phi) is 4.26. The third-order valence-corrected chi connectivity index (χ3v) is 5.26. The quantitative estimate of drug-likeness (QED) is 0.773. The molecule has 1 fully saturated rings. The first-order valence-electron chi connectivity index (χ1n) is 6.28. The van der Waals surface area contributed by atoms with Crippen molar-refractivity contribution < 1.29 is 0 Å². The highest BCUT2D eigenvalue weighted by Crippen LogP contribution is 2.39. The summed E-state index contributed by atoms with van der Waals surface area (Å²) in [5, 5.41) is 1.43. The summed E-state index contributed by atoms with van der Waals surface area (Å²) in [6, 6.07) is 4.01. The monoisotopic (exact) mass is 269 g/mol. The number of nitrogen functional groups attached to an aromatic ring is 1. The number of rotatable bonds is 2. The minimum Gasteiger partial charge on any atom is -0.398 e. The van der Waals surface area contributed by atoms with Crippen molar-refractivity contribution in [1.82, 2.24) is 0 Å². The van der Waals surface area contributed by atoms with Gasteiger partial charge in [0, 0.05) is 10.1 Å². The van der Waals surface area contributed by atoms with Crippen molar-refractivity contribution in [3.05, 3.63) is 22.7 Å². The van der Waals surface area contributed by atoms with Crippen LogP contribution in [-0.4, -0.2) is 5.25 Å². The van der Waals surface area contributed by atoms with Gasteiger partial charge in [-0.25, -0.2) is 0 Å². The van der Waals surface area contributed by atoms with E-state index >= 15 is 0 Å². The molecule has 1 aliphatic rings. The molecule has 1 aliphatic carbocycles. The molecular weight excluding hydrogens is 250 g/mol. The Morgan fingerprint density at radius 2 is 2.12 bits per heavy atom. The van der Waals surface area contributed by atoms with Crippen LogP contribution < -0.4 is 5.73 Å². The lowest BCUT2D eigenvalue weighted by molar-refractivity contribution is 0.394. The first-order chi connectivity index (χ1) is 8.06. The maximum atomic E-state index is 6.09. The lowest BCUT2D eigenvalue weighted by atomic mass is 9.91. The molecule has 2 atom stereocenters. The summed E-state index contributed by atoms with van der Waals surface area (Å²) < 4.78 is 0. The van der Waals surface area contributed by atoms with Crippen molar-refractivity contribution >= 4 is 29.1 Å². The minimum absolute atomic E-state index is 0.682. The number of benzene rings is 1. The van der Waals surface area contributed by atoms with Crippen molar-refractivity contribution in [1.29, 1.82) is 0 Å². The normalized spacial score (nSPS) is 24.9. The molecule has 3 heteroatoms. The molecule has 0 amide bonds. The van der Waals surface area contributed by atoms with Gasteiger partial charge in [0.15, 0.2) is 0 Å². The summed E-state index contributed by atoms with van der Waals surface area (Å²) in [7, 11) is 0. The Balaban J connectivity index is 2.10. The zero-order valence-corrected chi connectivity index (χ0v) is 12.1. The summed E-state index contributed by atoms with van der Waals surface area (Å²) in [6.07, 6.45) is 5.40. The number of thioether (sulfide) groups is 1. The van der Waals surface area contributed by atoms with Gasteiger partial charge in [-0.15, -0.1) is 11.8 Å². The molecule has 0 saturated heterocycles. The van der Waals surface area contributed by atoms with Crippen LogP contribution in [0.2, 0.25) is 5.02 Å². The maximum absolute atomic E-state index is 6.09. The van der Waals surface area contributed by atoms with Crippen LogP contribution in [0.15, 0.2) is 17.0 Å². The highest BCUT2D eigenvalue weighted by atomic mass is 35.5. The standard InChI is InChI=1S/C14H20ClNS/c1-9-4-3-5-11(6-9)17-14-8-12(15)13(16)7-10(14)2/h7-9,11H,3-6,16H2,1-2H3. The molecule has 0 radical (unpaired) electrons. The topological polar surface area (TPSA) is 26.0 Å². The SMILES string of the molecule is Cc1cc(N)c(Cl)cc1SC1CCCC(C)C1. The lowest BCUT2D eigenvalue weighted by Gasteiger charge is -2.26. The molecule has 0 aromatic heterocycles. The van der Waals surface area contributed by atoms with Gasteiger partial charge in [0.05, 0.1) is 10.7 Å². The van der Waals surface area contributed by atoms with E-state index in [0.29, 0.717) is 10.7 Å². The second-order valence-corrected chi connectivity index (χ2v) is 6.90. The van der Waals surface area contributed by atoms with E-state index in [1.54, 1.807) is 0 Å². The predicted octanol–water partition coefficient (Wildman–Crippen LogP) is 4.90. The minimum atomic E-state index is 0.682. The molecule has 1 saturated carbocycles. The van der Waals surface area contributed by atoms with E-state index in [1.807, 2.05) is 23.9 Å². The van der Waals surface area contributed by atoms with Gasteiger partial charge in [0.25, 0.3) is 0 Å². The smallest absolute Gasteiger partial charge is 0.0646 e. The predicted molar refractivity (Wildman–Crippen MR) is 77.9 cm³/mol. The molecule has 2 rings (SSSR count). The van der Waals surface area contributed by atoms with Gasteiger partial charge in [0.2, 0.25) is 0 Å². The molecule has 0 heterocycles. The summed E-state index contributed by atoms with van der Waals surface area (Å²) >= 11 is 8.07. The van der Waals surface area contributed by atoms with Crippen molar-refractivity contribution in [2.45, 2.75) is 49.7 Å². The van der Waals surface area contributed by atoms with E-state index in [-0.39, 0.29) is 0 Å². The van der Waals surface area contributed by atoms with Crippen LogP contribution in [0.3, 0.4) is 0 Å². The van der Waals surface area contributed by atoms with Crippen LogP contribution in [0, 0.1) is 12.8 Å². The van der Waals surface area contributed by atoms with Gasteiger partial charge >= 0.3 is 0 Å². The fourth-order valence-corrected chi connectivity index (χ4v) is 4.21. The van der Waals surface area contributed by atoms with Crippen molar-refractivity contribution in [3.63, 3.8) is 0 Å². The second kappa shape index (κ2) is 5.53. The van der Waals surface area contributed by atoms with E-state index in [4.69, 9.17) is 17.3 Å². The van der Waals surface area contributed by atoms with E-state index in [0.717, 1.165) is 11.2 Å². The zero-order valence-electron chi connectivity index (χ0n) is 10.5. The Morgan fingerprint density at radius 3 is 2.82 bits per heavy atom. The van der Waals surface area contributed by atoms with Crippen LogP contribution >= 0.6 is 23.4 Å². The molecular formula is C14H20ClNS. The number of hydrogen-bond donors (Lipinski definition) is 1. The maximum Gasteiger partial charge on any atom is 0.0646 e. The number of nitrogens with two attached hydrogens (primary N) is 1. The number of halogens is 1. The molecule has 94 valence electrons. The zero-order chi connectivity index (χ0) is 12.4. The lowest BCUT2D eigenvalue weighted by Crippen LogP contribution is -2.15. The van der Waals surface area contributed by atoms with E-state index < -0.39 is 0 Å². The van der Waals surface area contributed by atoms with Crippen LogP contribution in [0.25, 0.3) is 0 Å². The second-order valence-electron chi connectivity index (χ2n) is 5.15. The number of aryl methyl sites for hydroxylation is 1. The molecule has 0 spiro atoms. The summed E-state index contributed by atoms with van der Waals surface area (Å²) in [5.74, 6) is 0.866. The fraction of sp³-hybridized carbons (Fsp3) is 0.571. The molecule has 0 aliphatic heterocycles. The Hall–Kier alpha value is -0.340. The largest absolute Gasteiger partial charge is 0.398 e. The van der Waals surface area contributed by atoms with Gasteiger partial charge in [-0.3, -0.25) is 0 Å². The third kappa shape index (κ3) is 3.32. The van der Waals surface area contributed by atoms with Crippen LogP contribution in [-0.2, 0) is 0 Å². The molecule has 1 aromatic rings. The molecule has 1 aromatic carbocycles. The van der Waals surface area contributed by atoms with Gasteiger partial charge in [-0.2, -0.15) is 0 Å². The number of anilines is 1. The van der Waals surface area contributed by atoms with E-state index in [2.05, 4.69) is 13.8 Å². The highest BCUT2D eigenvalue weighted by molar-refractivity contribution is 8.00. The van der Waals surface area contributed by atoms with Crippen molar-refractivity contribution in [3.8, 4) is 0 Å². The summed E-state index contributed by atoms with van der Waals surface area (Å²) in [4.78, 5) is 1.29. The third-order valence-electron chi connectivity index (χ3n) is 3.48. The first-order valence-corrected chi connectivity index (χ1v) is 7.54. The van der Waals surface area contributed by atoms with Crippen LogP contribution in [0.4, 0.5) is 5.69 Å². The summed E-state index contributed by atoms with van der Waals surface area (Å²) in [5.41, 5.74) is 7.73. The van der Waals surface area contributed by atoms with E-state index in [1.165, 1.54) is 36.1 Å². The molecule has 2 N–H and O–H groups in total. The van der Waals surface area contributed by atoms with Gasteiger partial charge < -0.3 is 5.73 Å². The average Bonchev–Trinajstić information content (AvgIpc) is 2.26. The van der Waals surface area contributed by atoms with Crippen LogP contribution in [0.1, 0.15) is 38.2 Å². The average molecular weight is 270 g/mol. The van der Waals surface area contributed by atoms with E-state index in [9.17, 15) is 0 Å². The summed E-state index contributed by atoms with van der Waals surface area (Å²) in [6.45, 7) is 4.47. The van der Waals surface area contributed by atoms with Gasteiger partial charge in [-0.05, 0) is 43.4 Å². The Labute approximate surface area is 113 Å². The molecule has 1 nitrogen and oxygen atoms in total. The number of hydrogen-bond acceptors (Lipinski definition) is 2. The first kappa shape index (κ1) is 13.1. The van der Waals surface area contributed by atoms with Gasteiger partial charge in [-0.1, -0.05) is 31.4 Å². The Morgan fingerprint density at radius 1 is 1.35 bits per heavy atom. The fourth-order valence-electron chi connectivity index (χ4n) is 2.48. The van der Waals surface area contributed by atoms with Gasteiger partial charge in [0.1, 0.15) is 0 Å². The van der Waals surface area contributed by atoms with Crippen molar-refractivity contribution in [2.75, 3.05) is 5.73 Å². The molecule has 2 unspecified atom stereocenters. The van der Waals surface area contributed by atoms with Crippen molar-refractivity contribution in [2.24, 2.45) is 5.92 Å². The van der Waals surface area contributed by atoms with Crippen LogP contribution in [0.5, 0.6) is 0 Å². The molecule has 17 heavy (non-hydrogen) atoms. The Bertz CT molecular complexity index is 405. The molecule has 0 bridgehead atoms.